The first-order valence-corrected chi connectivity index (χ1v) is 6.92. The van der Waals surface area contributed by atoms with Crippen molar-refractivity contribution in [2.75, 3.05) is 5.75 Å². The second-order valence-electron chi connectivity index (χ2n) is 4.13. The highest BCUT2D eigenvalue weighted by atomic mass is 32.2. The SMILES string of the molecule is O=C(c1cccc(OC(F)F)c1)C1CCCCS1. The lowest BCUT2D eigenvalue weighted by Gasteiger charge is -2.20. The van der Waals surface area contributed by atoms with Gasteiger partial charge in [0, 0.05) is 5.56 Å². The molecule has 98 valence electrons. The van der Waals surface area contributed by atoms with Gasteiger partial charge in [-0.3, -0.25) is 4.79 Å². The van der Waals surface area contributed by atoms with E-state index in [-0.39, 0.29) is 16.8 Å². The van der Waals surface area contributed by atoms with Gasteiger partial charge in [-0.2, -0.15) is 20.5 Å². The molecule has 0 spiro atoms. The molecule has 1 atom stereocenters. The summed E-state index contributed by atoms with van der Waals surface area (Å²) in [7, 11) is 0. The summed E-state index contributed by atoms with van der Waals surface area (Å²) in [6.45, 7) is -2.86. The molecule has 1 aromatic carbocycles. The van der Waals surface area contributed by atoms with Crippen molar-refractivity contribution in [2.24, 2.45) is 0 Å². The first kappa shape index (κ1) is 13.3. The zero-order chi connectivity index (χ0) is 13.0. The van der Waals surface area contributed by atoms with Crippen molar-refractivity contribution in [1.82, 2.24) is 0 Å². The fourth-order valence-corrected chi connectivity index (χ4v) is 3.24. The Morgan fingerprint density at radius 3 is 2.89 bits per heavy atom. The molecule has 0 aromatic heterocycles. The number of alkyl halides is 2. The fraction of sp³-hybridized carbons (Fsp3) is 0.462. The second kappa shape index (κ2) is 6.18. The van der Waals surface area contributed by atoms with Crippen LogP contribution in [0.5, 0.6) is 5.75 Å². The van der Waals surface area contributed by atoms with E-state index in [0.29, 0.717) is 5.56 Å². The predicted molar refractivity (Wildman–Crippen MR) is 67.5 cm³/mol. The molecule has 0 bridgehead atoms. The van der Waals surface area contributed by atoms with E-state index in [1.54, 1.807) is 23.9 Å². The van der Waals surface area contributed by atoms with Crippen molar-refractivity contribution in [3.63, 3.8) is 0 Å². The zero-order valence-corrected chi connectivity index (χ0v) is 10.6. The molecule has 1 saturated heterocycles. The number of benzene rings is 1. The molecule has 1 fully saturated rings. The number of rotatable bonds is 4. The van der Waals surface area contributed by atoms with Crippen molar-refractivity contribution in [2.45, 2.75) is 31.1 Å². The third-order valence-electron chi connectivity index (χ3n) is 2.82. The number of hydrogen-bond donors (Lipinski definition) is 0. The molecule has 1 aromatic rings. The average molecular weight is 272 g/mol. The monoisotopic (exact) mass is 272 g/mol. The van der Waals surface area contributed by atoms with Crippen LogP contribution in [0.15, 0.2) is 24.3 Å². The lowest BCUT2D eigenvalue weighted by molar-refractivity contribution is -0.0498. The van der Waals surface area contributed by atoms with E-state index in [4.69, 9.17) is 0 Å². The smallest absolute Gasteiger partial charge is 0.387 e. The van der Waals surface area contributed by atoms with Crippen LogP contribution in [0.1, 0.15) is 29.6 Å². The Kier molecular flexibility index (Phi) is 4.58. The minimum Gasteiger partial charge on any atom is -0.435 e. The summed E-state index contributed by atoms with van der Waals surface area (Å²) in [6, 6.07) is 6.04. The molecule has 2 nitrogen and oxygen atoms in total. The number of carbonyl (C=O) groups excluding carboxylic acids is 1. The average Bonchev–Trinajstić information content (AvgIpc) is 2.38. The molecule has 0 radical (unpaired) electrons. The summed E-state index contributed by atoms with van der Waals surface area (Å²) in [5, 5.41) is -0.0412. The maximum atomic E-state index is 12.2. The van der Waals surface area contributed by atoms with Gasteiger partial charge >= 0.3 is 6.61 Å². The van der Waals surface area contributed by atoms with Crippen LogP contribution in [0.2, 0.25) is 0 Å². The molecular weight excluding hydrogens is 258 g/mol. The van der Waals surface area contributed by atoms with E-state index < -0.39 is 6.61 Å². The minimum atomic E-state index is -2.86. The Labute approximate surface area is 109 Å². The van der Waals surface area contributed by atoms with Crippen LogP contribution in [0.3, 0.4) is 0 Å². The molecule has 1 unspecified atom stereocenters. The predicted octanol–water partition coefficient (Wildman–Crippen LogP) is 3.76. The summed E-state index contributed by atoms with van der Waals surface area (Å²) < 4.78 is 28.5. The molecule has 0 saturated carbocycles. The number of ether oxygens (including phenoxy) is 1. The normalized spacial score (nSPS) is 19.8. The molecule has 1 heterocycles. The molecule has 5 heteroatoms. The number of carbonyl (C=O) groups is 1. The van der Waals surface area contributed by atoms with Gasteiger partial charge in [0.2, 0.25) is 0 Å². The maximum absolute atomic E-state index is 12.2. The maximum Gasteiger partial charge on any atom is 0.387 e. The summed E-state index contributed by atoms with van der Waals surface area (Å²) in [5.74, 6) is 1.04. The van der Waals surface area contributed by atoms with E-state index in [9.17, 15) is 13.6 Å². The van der Waals surface area contributed by atoms with Gasteiger partial charge < -0.3 is 4.74 Å². The third-order valence-corrected chi connectivity index (χ3v) is 4.19. The van der Waals surface area contributed by atoms with E-state index >= 15 is 0 Å². The van der Waals surface area contributed by atoms with Crippen molar-refractivity contribution in [1.29, 1.82) is 0 Å². The molecule has 2 rings (SSSR count). The van der Waals surface area contributed by atoms with E-state index in [1.165, 1.54) is 12.1 Å². The van der Waals surface area contributed by atoms with Crippen LogP contribution >= 0.6 is 11.8 Å². The van der Waals surface area contributed by atoms with Crippen molar-refractivity contribution in [3.05, 3.63) is 29.8 Å². The molecular formula is C13H14F2O2S. The highest BCUT2D eigenvalue weighted by Crippen LogP contribution is 2.28. The van der Waals surface area contributed by atoms with E-state index in [2.05, 4.69) is 4.74 Å². The largest absolute Gasteiger partial charge is 0.435 e. The van der Waals surface area contributed by atoms with Gasteiger partial charge in [0.15, 0.2) is 5.78 Å². The zero-order valence-electron chi connectivity index (χ0n) is 9.77. The van der Waals surface area contributed by atoms with Gasteiger partial charge in [0.1, 0.15) is 5.75 Å². The van der Waals surface area contributed by atoms with Crippen LogP contribution in [-0.2, 0) is 0 Å². The Balaban J connectivity index is 2.09. The van der Waals surface area contributed by atoms with Gasteiger partial charge in [-0.1, -0.05) is 18.6 Å². The standard InChI is InChI=1S/C13H14F2O2S/c14-13(15)17-10-5-3-4-9(8-10)12(16)11-6-1-2-7-18-11/h3-5,8,11,13H,1-2,6-7H2. The lowest BCUT2D eigenvalue weighted by Crippen LogP contribution is -2.21. The Morgan fingerprint density at radius 1 is 1.39 bits per heavy atom. The van der Waals surface area contributed by atoms with Crippen LogP contribution in [0.25, 0.3) is 0 Å². The first-order valence-electron chi connectivity index (χ1n) is 5.87. The van der Waals surface area contributed by atoms with E-state index in [0.717, 1.165) is 25.0 Å². The molecule has 18 heavy (non-hydrogen) atoms. The quantitative estimate of drug-likeness (QED) is 0.781. The Morgan fingerprint density at radius 2 is 2.22 bits per heavy atom. The van der Waals surface area contributed by atoms with Crippen molar-refractivity contribution >= 4 is 17.5 Å². The van der Waals surface area contributed by atoms with Crippen LogP contribution < -0.4 is 4.74 Å². The molecule has 1 aliphatic heterocycles. The van der Waals surface area contributed by atoms with Crippen LogP contribution in [0.4, 0.5) is 8.78 Å². The summed E-state index contributed by atoms with van der Waals surface area (Å²) in [4.78, 5) is 12.2. The lowest BCUT2D eigenvalue weighted by atomic mass is 10.0. The topological polar surface area (TPSA) is 26.3 Å². The highest BCUT2D eigenvalue weighted by Gasteiger charge is 2.23. The summed E-state index contributed by atoms with van der Waals surface area (Å²) in [5.41, 5.74) is 0.451. The summed E-state index contributed by atoms with van der Waals surface area (Å²) >= 11 is 1.65. The van der Waals surface area contributed by atoms with Crippen molar-refractivity contribution < 1.29 is 18.3 Å². The van der Waals surface area contributed by atoms with Gasteiger partial charge in [0.05, 0.1) is 5.25 Å². The number of halogens is 2. The minimum absolute atomic E-state index is 0.0133. The molecule has 0 aliphatic carbocycles. The molecule has 0 amide bonds. The number of ketones is 1. The number of hydrogen-bond acceptors (Lipinski definition) is 3. The first-order chi connectivity index (χ1) is 8.66. The Bertz CT molecular complexity index is 417. The second-order valence-corrected chi connectivity index (χ2v) is 5.44. The molecule has 1 aliphatic rings. The number of Topliss-reactive ketones (excluding diaryl/α,β-unsaturated/α-hetero) is 1. The Hall–Kier alpha value is -1.10. The van der Waals surface area contributed by atoms with Gasteiger partial charge in [-0.25, -0.2) is 0 Å². The highest BCUT2D eigenvalue weighted by molar-refractivity contribution is 8.00. The van der Waals surface area contributed by atoms with E-state index in [1.807, 2.05) is 0 Å². The van der Waals surface area contributed by atoms with Crippen molar-refractivity contribution in [3.8, 4) is 5.75 Å². The van der Waals surface area contributed by atoms with Gasteiger partial charge in [-0.15, -0.1) is 0 Å². The van der Waals surface area contributed by atoms with Crippen LogP contribution in [0, 0.1) is 0 Å². The van der Waals surface area contributed by atoms with Gasteiger partial charge in [-0.05, 0) is 30.7 Å². The molecule has 0 N–H and O–H groups in total. The van der Waals surface area contributed by atoms with Crippen LogP contribution in [-0.4, -0.2) is 23.4 Å². The summed E-state index contributed by atoms with van der Waals surface area (Å²) in [6.07, 6.45) is 3.06. The third kappa shape index (κ3) is 3.45. The number of thioether (sulfide) groups is 1. The fourth-order valence-electron chi connectivity index (χ4n) is 1.96. The van der Waals surface area contributed by atoms with Gasteiger partial charge in [0.25, 0.3) is 0 Å².